The third-order valence-electron chi connectivity index (χ3n) is 2.58. The molecule has 0 aromatic heterocycles. The topological polar surface area (TPSA) is 9.23 Å². The summed E-state index contributed by atoms with van der Waals surface area (Å²) in [5.74, 6) is 0.811. The van der Waals surface area contributed by atoms with Crippen molar-refractivity contribution < 1.29 is 9.13 Å². The molecule has 1 nitrogen and oxygen atoms in total. The predicted octanol–water partition coefficient (Wildman–Crippen LogP) is 5.67. The van der Waals surface area contributed by atoms with Crippen LogP contribution in [-0.2, 0) is 12.5 Å². The van der Waals surface area contributed by atoms with Crippen LogP contribution in [0.2, 0.25) is 0 Å². The van der Waals surface area contributed by atoms with E-state index in [2.05, 4.69) is 31.9 Å². The first kappa shape index (κ1) is 14.8. The van der Waals surface area contributed by atoms with E-state index >= 15 is 0 Å². The van der Waals surface area contributed by atoms with E-state index in [9.17, 15) is 4.39 Å². The quantitative estimate of drug-likeness (QED) is 0.593. The van der Waals surface area contributed by atoms with Crippen LogP contribution >= 0.6 is 43.5 Å². The Kier molecular flexibility index (Phi) is 5.25. The number of alkyl halides is 1. The highest BCUT2D eigenvalue weighted by molar-refractivity contribution is 9.10. The fourth-order valence-electron chi connectivity index (χ4n) is 1.61. The Hall–Kier alpha value is -0.580. The molecule has 0 aliphatic carbocycles. The van der Waals surface area contributed by atoms with Crippen LogP contribution in [0.1, 0.15) is 11.1 Å². The van der Waals surface area contributed by atoms with Gasteiger partial charge in [-0.05, 0) is 34.1 Å². The van der Waals surface area contributed by atoms with Gasteiger partial charge in [-0.1, -0.05) is 34.1 Å². The molecule has 0 amide bonds. The summed E-state index contributed by atoms with van der Waals surface area (Å²) >= 11 is 12.6. The summed E-state index contributed by atoms with van der Waals surface area (Å²) in [6, 6.07) is 10.2. The largest absolute Gasteiger partial charge is 0.487 e. The van der Waals surface area contributed by atoms with Crippen LogP contribution in [-0.4, -0.2) is 0 Å². The molecule has 0 aliphatic rings. The zero-order valence-corrected chi connectivity index (χ0v) is 13.7. The normalized spacial score (nSPS) is 10.5. The van der Waals surface area contributed by atoms with Crippen molar-refractivity contribution in [3.05, 3.63) is 62.3 Å². The number of hydrogen-bond acceptors (Lipinski definition) is 1. The van der Waals surface area contributed by atoms with Gasteiger partial charge < -0.3 is 4.74 Å². The highest BCUT2D eigenvalue weighted by atomic mass is 79.9. The van der Waals surface area contributed by atoms with E-state index < -0.39 is 0 Å². The van der Waals surface area contributed by atoms with Crippen LogP contribution in [0.3, 0.4) is 0 Å². The first-order chi connectivity index (χ1) is 9.11. The summed E-state index contributed by atoms with van der Waals surface area (Å²) in [5.41, 5.74) is 1.78. The third-order valence-corrected chi connectivity index (χ3v) is 4.23. The van der Waals surface area contributed by atoms with Gasteiger partial charge in [-0.3, -0.25) is 0 Å². The second-order valence-electron chi connectivity index (χ2n) is 3.89. The molecule has 0 saturated carbocycles. The van der Waals surface area contributed by atoms with Crippen molar-refractivity contribution in [2.75, 3.05) is 0 Å². The van der Waals surface area contributed by atoms with Crippen LogP contribution in [0.15, 0.2) is 45.3 Å². The standard InChI is InChI=1S/C14H10Br2ClFO/c15-12-3-1-2-9(7-17)14(12)19-8-10-4-5-11(18)6-13(10)16/h1-6H,7-8H2. The molecule has 2 rings (SSSR count). The number of ether oxygens (including phenoxy) is 1. The first-order valence-electron chi connectivity index (χ1n) is 5.52. The smallest absolute Gasteiger partial charge is 0.138 e. The lowest BCUT2D eigenvalue weighted by atomic mass is 10.2. The molecule has 0 aliphatic heterocycles. The molecule has 100 valence electrons. The zero-order valence-electron chi connectivity index (χ0n) is 9.80. The molecule has 0 saturated heterocycles. The number of para-hydroxylation sites is 1. The van der Waals surface area contributed by atoms with E-state index in [-0.39, 0.29) is 5.82 Å². The van der Waals surface area contributed by atoms with Gasteiger partial charge in [0.15, 0.2) is 0 Å². The van der Waals surface area contributed by atoms with Gasteiger partial charge in [0.1, 0.15) is 18.2 Å². The van der Waals surface area contributed by atoms with Crippen LogP contribution in [0.4, 0.5) is 4.39 Å². The highest BCUT2D eigenvalue weighted by Gasteiger charge is 2.09. The minimum absolute atomic E-state index is 0.280. The summed E-state index contributed by atoms with van der Waals surface area (Å²) in [5, 5.41) is 0. The molecule has 0 radical (unpaired) electrons. The average molecular weight is 408 g/mol. The molecule has 0 fully saturated rings. The van der Waals surface area contributed by atoms with E-state index in [1.807, 2.05) is 18.2 Å². The summed E-state index contributed by atoms with van der Waals surface area (Å²) in [6.07, 6.45) is 0. The summed E-state index contributed by atoms with van der Waals surface area (Å²) < 4.78 is 20.3. The van der Waals surface area contributed by atoms with Gasteiger partial charge in [0.2, 0.25) is 0 Å². The van der Waals surface area contributed by atoms with Crippen molar-refractivity contribution in [2.45, 2.75) is 12.5 Å². The molecule has 0 atom stereocenters. The molecular weight excluding hydrogens is 398 g/mol. The van der Waals surface area contributed by atoms with E-state index in [0.29, 0.717) is 22.7 Å². The zero-order chi connectivity index (χ0) is 13.8. The maximum absolute atomic E-state index is 13.0. The predicted molar refractivity (Wildman–Crippen MR) is 82.1 cm³/mol. The van der Waals surface area contributed by atoms with Crippen molar-refractivity contribution >= 4 is 43.5 Å². The Labute approximate surface area is 133 Å². The van der Waals surface area contributed by atoms with Gasteiger partial charge in [-0.15, -0.1) is 11.6 Å². The minimum atomic E-state index is -0.280. The number of benzene rings is 2. The molecule has 0 bridgehead atoms. The second kappa shape index (κ2) is 6.73. The van der Waals surface area contributed by atoms with Crippen LogP contribution in [0.25, 0.3) is 0 Å². The lowest BCUT2D eigenvalue weighted by Crippen LogP contribution is -2.00. The lowest BCUT2D eigenvalue weighted by Gasteiger charge is -2.12. The minimum Gasteiger partial charge on any atom is -0.487 e. The second-order valence-corrected chi connectivity index (χ2v) is 5.86. The molecule has 0 spiro atoms. The molecule has 2 aromatic carbocycles. The Bertz CT molecular complexity index is 590. The number of rotatable bonds is 4. The monoisotopic (exact) mass is 406 g/mol. The van der Waals surface area contributed by atoms with Crippen molar-refractivity contribution in [3.63, 3.8) is 0 Å². The molecule has 2 aromatic rings. The average Bonchev–Trinajstić information content (AvgIpc) is 2.39. The van der Waals surface area contributed by atoms with Crippen LogP contribution < -0.4 is 4.74 Å². The van der Waals surface area contributed by atoms with E-state index in [4.69, 9.17) is 16.3 Å². The Morgan fingerprint density at radius 3 is 2.53 bits per heavy atom. The molecule has 0 heterocycles. The van der Waals surface area contributed by atoms with Crippen LogP contribution in [0, 0.1) is 5.82 Å². The van der Waals surface area contributed by atoms with Gasteiger partial charge in [0.05, 0.1) is 10.4 Å². The third kappa shape index (κ3) is 3.71. The van der Waals surface area contributed by atoms with E-state index in [0.717, 1.165) is 15.6 Å². The number of hydrogen-bond donors (Lipinski definition) is 0. The van der Waals surface area contributed by atoms with Gasteiger partial charge in [0, 0.05) is 15.6 Å². The van der Waals surface area contributed by atoms with Gasteiger partial charge in [0.25, 0.3) is 0 Å². The molecule has 0 unspecified atom stereocenters. The molecular formula is C14H10Br2ClFO. The van der Waals surface area contributed by atoms with Gasteiger partial charge in [-0.25, -0.2) is 4.39 Å². The van der Waals surface area contributed by atoms with Gasteiger partial charge >= 0.3 is 0 Å². The van der Waals surface area contributed by atoms with Crippen molar-refractivity contribution in [3.8, 4) is 5.75 Å². The summed E-state index contributed by atoms with van der Waals surface area (Å²) in [4.78, 5) is 0. The maximum atomic E-state index is 13.0. The summed E-state index contributed by atoms with van der Waals surface area (Å²) in [7, 11) is 0. The summed E-state index contributed by atoms with van der Waals surface area (Å²) in [6.45, 7) is 0.341. The van der Waals surface area contributed by atoms with E-state index in [1.165, 1.54) is 12.1 Å². The molecule has 5 heteroatoms. The fraction of sp³-hybridized carbons (Fsp3) is 0.143. The first-order valence-corrected chi connectivity index (χ1v) is 7.64. The Morgan fingerprint density at radius 1 is 1.05 bits per heavy atom. The van der Waals surface area contributed by atoms with Gasteiger partial charge in [-0.2, -0.15) is 0 Å². The van der Waals surface area contributed by atoms with Crippen molar-refractivity contribution in [2.24, 2.45) is 0 Å². The lowest BCUT2D eigenvalue weighted by molar-refractivity contribution is 0.301. The van der Waals surface area contributed by atoms with Crippen molar-refractivity contribution in [1.29, 1.82) is 0 Å². The highest BCUT2D eigenvalue weighted by Crippen LogP contribution is 2.31. The SMILES string of the molecule is Fc1ccc(COc2c(Br)cccc2CCl)c(Br)c1. The Balaban J connectivity index is 2.19. The number of halogens is 4. The maximum Gasteiger partial charge on any atom is 0.138 e. The van der Waals surface area contributed by atoms with E-state index in [1.54, 1.807) is 6.07 Å². The van der Waals surface area contributed by atoms with Crippen molar-refractivity contribution in [1.82, 2.24) is 0 Å². The molecule has 0 N–H and O–H groups in total. The van der Waals surface area contributed by atoms with Crippen LogP contribution in [0.5, 0.6) is 5.75 Å². The molecule has 19 heavy (non-hydrogen) atoms. The Morgan fingerprint density at radius 2 is 1.84 bits per heavy atom. The fourth-order valence-corrected chi connectivity index (χ4v) is 2.81.